The summed E-state index contributed by atoms with van der Waals surface area (Å²) in [6, 6.07) is 6.85. The molecule has 0 bridgehead atoms. The van der Waals surface area contributed by atoms with Gasteiger partial charge in [0, 0.05) is 50.0 Å². The Bertz CT molecular complexity index is 1170. The van der Waals surface area contributed by atoms with Gasteiger partial charge in [0.1, 0.15) is 0 Å². The molecule has 0 spiro atoms. The van der Waals surface area contributed by atoms with E-state index in [0.717, 1.165) is 56.7 Å². The van der Waals surface area contributed by atoms with E-state index in [2.05, 4.69) is 55.5 Å². The van der Waals surface area contributed by atoms with Crippen molar-refractivity contribution in [3.05, 3.63) is 35.0 Å². The van der Waals surface area contributed by atoms with Gasteiger partial charge in [0.15, 0.2) is 5.82 Å². The summed E-state index contributed by atoms with van der Waals surface area (Å²) in [4.78, 5) is 16.6. The number of amides is 1. The van der Waals surface area contributed by atoms with Gasteiger partial charge in [-0.05, 0) is 64.1 Å². The number of carbonyl (C=O) groups is 1. The molecule has 1 atom stereocenters. The van der Waals surface area contributed by atoms with Gasteiger partial charge < -0.3 is 23.8 Å². The molecule has 9 heteroatoms. The molecule has 0 radical (unpaired) electrons. The van der Waals surface area contributed by atoms with E-state index < -0.39 is 0 Å². The van der Waals surface area contributed by atoms with Crippen molar-refractivity contribution < 1.29 is 18.8 Å². The average molecular weight is 492 g/mol. The first-order chi connectivity index (χ1) is 17.1. The molecule has 0 N–H and O–H groups in total. The van der Waals surface area contributed by atoms with Crippen LogP contribution in [0, 0.1) is 0 Å². The van der Waals surface area contributed by atoms with Crippen LogP contribution < -0.4 is 10.4 Å². The highest BCUT2D eigenvalue weighted by molar-refractivity contribution is 6.62. The summed E-state index contributed by atoms with van der Waals surface area (Å²) < 4.78 is 20.6. The number of anilines is 2. The van der Waals surface area contributed by atoms with Crippen molar-refractivity contribution in [2.75, 3.05) is 31.2 Å². The van der Waals surface area contributed by atoms with Gasteiger partial charge in [-0.3, -0.25) is 9.48 Å². The first-order valence-electron chi connectivity index (χ1n) is 13.3. The smallest absolute Gasteiger partial charge is 0.399 e. The summed E-state index contributed by atoms with van der Waals surface area (Å²) in [5.41, 5.74) is 5.27. The summed E-state index contributed by atoms with van der Waals surface area (Å²) in [6.07, 6.45) is 3.88. The Labute approximate surface area is 214 Å². The van der Waals surface area contributed by atoms with E-state index in [4.69, 9.17) is 19.1 Å². The molecular formula is C27H37BN4O4. The lowest BCUT2D eigenvalue weighted by molar-refractivity contribution is -0.129. The van der Waals surface area contributed by atoms with Crippen molar-refractivity contribution in [3.8, 4) is 0 Å². The monoisotopic (exact) mass is 492 g/mol. The Kier molecular flexibility index (Phi) is 5.74. The first-order valence-corrected chi connectivity index (χ1v) is 13.3. The second-order valence-electron chi connectivity index (χ2n) is 11.6. The van der Waals surface area contributed by atoms with Crippen LogP contribution in [-0.2, 0) is 38.2 Å². The van der Waals surface area contributed by atoms with Crippen molar-refractivity contribution in [1.82, 2.24) is 14.7 Å². The highest BCUT2D eigenvalue weighted by atomic mass is 16.7. The Morgan fingerprint density at radius 3 is 2.58 bits per heavy atom. The number of ether oxygens (including phenoxy) is 1. The van der Waals surface area contributed by atoms with Crippen LogP contribution in [0.2, 0.25) is 0 Å². The van der Waals surface area contributed by atoms with E-state index in [1.807, 2.05) is 4.90 Å². The number of hydrogen-bond donors (Lipinski definition) is 0. The van der Waals surface area contributed by atoms with Gasteiger partial charge in [0.25, 0.3) is 0 Å². The second-order valence-corrected chi connectivity index (χ2v) is 11.6. The molecule has 4 aliphatic rings. The first kappa shape index (κ1) is 24.0. The normalized spacial score (nSPS) is 24.7. The molecule has 0 unspecified atom stereocenters. The van der Waals surface area contributed by atoms with Crippen LogP contribution in [0.3, 0.4) is 0 Å². The molecule has 4 aliphatic heterocycles. The SMILES string of the molecule is CC(=O)N1CCc2c(c(N3CCCc4cc(B5OC(C)(C)C(C)(C)O5)ccc43)nn2[C@H]2CCOC2)C1. The third-order valence-electron chi connectivity index (χ3n) is 8.76. The zero-order chi connectivity index (χ0) is 25.2. The van der Waals surface area contributed by atoms with Crippen LogP contribution in [0.5, 0.6) is 0 Å². The van der Waals surface area contributed by atoms with Crippen LogP contribution in [0.4, 0.5) is 11.5 Å². The van der Waals surface area contributed by atoms with Crippen LogP contribution in [0.15, 0.2) is 18.2 Å². The van der Waals surface area contributed by atoms with Gasteiger partial charge in [-0.2, -0.15) is 5.10 Å². The standard InChI is InChI=1S/C27H37BN4O4/c1-18(33)30-13-10-24-22(16-30)25(29-32(24)21-11-14-34-17-21)31-12-6-7-19-15-20(8-9-23(19)31)28-35-26(2,3)27(4,5)36-28/h8-9,15,21H,6-7,10-14,16-17H2,1-5H3/t21-/m0/s1. The summed E-state index contributed by atoms with van der Waals surface area (Å²) >= 11 is 0. The average Bonchev–Trinajstić information content (AvgIpc) is 3.54. The fourth-order valence-electron chi connectivity index (χ4n) is 5.89. The molecule has 192 valence electrons. The maximum atomic E-state index is 12.3. The summed E-state index contributed by atoms with van der Waals surface area (Å²) in [6.45, 7) is 13.8. The van der Waals surface area contributed by atoms with Gasteiger partial charge >= 0.3 is 7.12 Å². The molecule has 5 heterocycles. The fraction of sp³-hybridized carbons (Fsp3) is 0.630. The fourth-order valence-corrected chi connectivity index (χ4v) is 5.89. The number of benzene rings is 1. The van der Waals surface area contributed by atoms with Crippen LogP contribution in [0.25, 0.3) is 0 Å². The van der Waals surface area contributed by atoms with Gasteiger partial charge in [0.2, 0.25) is 5.91 Å². The zero-order valence-electron chi connectivity index (χ0n) is 22.2. The number of aryl methyl sites for hydroxylation is 1. The van der Waals surface area contributed by atoms with Gasteiger partial charge in [-0.15, -0.1) is 0 Å². The minimum atomic E-state index is -0.367. The number of nitrogens with zero attached hydrogens (tertiary/aromatic N) is 4. The van der Waals surface area contributed by atoms with Crippen molar-refractivity contribution >= 4 is 30.0 Å². The van der Waals surface area contributed by atoms with Crippen LogP contribution >= 0.6 is 0 Å². The van der Waals surface area contributed by atoms with E-state index in [0.29, 0.717) is 13.2 Å². The summed E-state index contributed by atoms with van der Waals surface area (Å²) in [7, 11) is -0.367. The van der Waals surface area contributed by atoms with E-state index in [1.165, 1.54) is 22.5 Å². The number of hydrogen-bond acceptors (Lipinski definition) is 6. The Morgan fingerprint density at radius 2 is 1.89 bits per heavy atom. The zero-order valence-corrected chi connectivity index (χ0v) is 22.2. The van der Waals surface area contributed by atoms with E-state index in [1.54, 1.807) is 6.92 Å². The van der Waals surface area contributed by atoms with Gasteiger partial charge in [-0.25, -0.2) is 0 Å². The molecule has 0 saturated carbocycles. The number of aromatic nitrogens is 2. The maximum Gasteiger partial charge on any atom is 0.494 e. The van der Waals surface area contributed by atoms with Crippen molar-refractivity contribution in [1.29, 1.82) is 0 Å². The Morgan fingerprint density at radius 1 is 1.11 bits per heavy atom. The predicted molar refractivity (Wildman–Crippen MR) is 139 cm³/mol. The topological polar surface area (TPSA) is 69.1 Å². The Hall–Kier alpha value is -2.36. The molecule has 8 nitrogen and oxygen atoms in total. The van der Waals surface area contributed by atoms with Crippen molar-refractivity contribution in [2.24, 2.45) is 0 Å². The highest BCUT2D eigenvalue weighted by Gasteiger charge is 2.51. The number of rotatable bonds is 3. The molecule has 1 amide bonds. The van der Waals surface area contributed by atoms with E-state index in [-0.39, 0.29) is 30.3 Å². The minimum Gasteiger partial charge on any atom is -0.399 e. The molecule has 2 aromatic rings. The number of carbonyl (C=O) groups excluding carboxylic acids is 1. The summed E-state index contributed by atoms with van der Waals surface area (Å²) in [5, 5.41) is 5.20. The molecule has 1 aromatic carbocycles. The maximum absolute atomic E-state index is 12.3. The molecule has 2 fully saturated rings. The van der Waals surface area contributed by atoms with Crippen LogP contribution in [-0.4, -0.2) is 65.2 Å². The molecule has 2 saturated heterocycles. The third-order valence-corrected chi connectivity index (χ3v) is 8.76. The largest absolute Gasteiger partial charge is 0.494 e. The lowest BCUT2D eigenvalue weighted by atomic mass is 9.77. The molecule has 0 aliphatic carbocycles. The van der Waals surface area contributed by atoms with Crippen LogP contribution in [0.1, 0.15) is 70.3 Å². The third kappa shape index (κ3) is 3.87. The quantitative estimate of drug-likeness (QED) is 0.614. The molecule has 36 heavy (non-hydrogen) atoms. The number of fused-ring (bicyclic) bond motifs is 2. The van der Waals surface area contributed by atoms with E-state index in [9.17, 15) is 4.79 Å². The molecule has 6 rings (SSSR count). The second kappa shape index (κ2) is 8.60. The van der Waals surface area contributed by atoms with Crippen molar-refractivity contribution in [3.63, 3.8) is 0 Å². The minimum absolute atomic E-state index is 0.120. The van der Waals surface area contributed by atoms with E-state index >= 15 is 0 Å². The predicted octanol–water partition coefficient (Wildman–Crippen LogP) is 3.13. The Balaban J connectivity index is 1.36. The van der Waals surface area contributed by atoms with Gasteiger partial charge in [0.05, 0.1) is 30.4 Å². The highest BCUT2D eigenvalue weighted by Crippen LogP contribution is 2.40. The lowest BCUT2D eigenvalue weighted by Crippen LogP contribution is -2.41. The van der Waals surface area contributed by atoms with Crippen molar-refractivity contribution in [2.45, 2.75) is 84.1 Å². The van der Waals surface area contributed by atoms with Gasteiger partial charge in [-0.1, -0.05) is 12.1 Å². The summed E-state index contributed by atoms with van der Waals surface area (Å²) in [5.74, 6) is 1.11. The lowest BCUT2D eigenvalue weighted by Gasteiger charge is -2.33. The molecular weight excluding hydrogens is 455 g/mol. The molecule has 1 aromatic heterocycles.